The van der Waals surface area contributed by atoms with Crippen LogP contribution in [0.2, 0.25) is 0 Å². The monoisotopic (exact) mass is 311 g/mol. The highest BCUT2D eigenvalue weighted by Crippen LogP contribution is 2.37. The van der Waals surface area contributed by atoms with E-state index < -0.39 is 18.1 Å². The van der Waals surface area contributed by atoms with Crippen molar-refractivity contribution in [1.82, 2.24) is 0 Å². The maximum absolute atomic E-state index is 12.5. The summed E-state index contributed by atoms with van der Waals surface area (Å²) in [6.45, 7) is -0.849. The van der Waals surface area contributed by atoms with Crippen LogP contribution in [0.5, 0.6) is 0 Å². The van der Waals surface area contributed by atoms with Crippen LogP contribution in [0.4, 0.5) is 23.2 Å². The van der Waals surface area contributed by atoms with Crippen LogP contribution < -0.4 is 4.90 Å². The maximum atomic E-state index is 12.5. The number of halogens is 4. The third-order valence-corrected chi connectivity index (χ3v) is 3.06. The van der Waals surface area contributed by atoms with Gasteiger partial charge < -0.3 is 9.64 Å². The zero-order chi connectivity index (χ0) is 15.2. The molecule has 0 aliphatic rings. The molecule has 1 amide bonds. The minimum atomic E-state index is -4.37. The van der Waals surface area contributed by atoms with E-state index in [0.717, 1.165) is 4.90 Å². The van der Waals surface area contributed by atoms with Crippen molar-refractivity contribution in [3.05, 3.63) is 24.3 Å². The van der Waals surface area contributed by atoms with Gasteiger partial charge in [0.2, 0.25) is 0 Å². The molecule has 0 heterocycles. The Morgan fingerprint density at radius 1 is 1.30 bits per heavy atom. The quantitative estimate of drug-likeness (QED) is 0.596. The molecule has 0 bridgehead atoms. The number of anilines is 1. The molecule has 0 aliphatic heterocycles. The lowest BCUT2D eigenvalue weighted by molar-refractivity contribution is -0.119. The number of carbonyl (C=O) groups excluding carboxylic acids is 1. The number of hydrogen-bond donors (Lipinski definition) is 0. The van der Waals surface area contributed by atoms with Gasteiger partial charge in [0.25, 0.3) is 5.91 Å². The summed E-state index contributed by atoms with van der Waals surface area (Å²) in [4.78, 5) is 12.6. The van der Waals surface area contributed by atoms with Gasteiger partial charge in [-0.25, -0.2) is 4.39 Å². The summed E-state index contributed by atoms with van der Waals surface area (Å²) in [5, 5.41) is 0. The van der Waals surface area contributed by atoms with Crippen molar-refractivity contribution in [2.45, 2.75) is 10.4 Å². The van der Waals surface area contributed by atoms with Gasteiger partial charge in [-0.2, -0.15) is 13.2 Å². The summed E-state index contributed by atoms with van der Waals surface area (Å²) in [5.41, 5.74) is -4.04. The number of carbonyl (C=O) groups is 1. The minimum absolute atomic E-state index is 0.000592. The molecule has 0 atom stereocenters. The van der Waals surface area contributed by atoms with E-state index in [1.165, 1.54) is 31.4 Å². The first-order valence-electron chi connectivity index (χ1n) is 5.58. The van der Waals surface area contributed by atoms with Crippen LogP contribution in [-0.4, -0.2) is 38.4 Å². The molecule has 0 aromatic heterocycles. The zero-order valence-corrected chi connectivity index (χ0v) is 11.4. The van der Waals surface area contributed by atoms with Gasteiger partial charge in [-0.05, 0) is 36.0 Å². The first-order valence-corrected chi connectivity index (χ1v) is 6.40. The highest BCUT2D eigenvalue weighted by Gasteiger charge is 2.29. The molecule has 0 N–H and O–H groups in total. The van der Waals surface area contributed by atoms with Crippen LogP contribution in [0.25, 0.3) is 0 Å². The van der Waals surface area contributed by atoms with Crippen molar-refractivity contribution in [2.75, 3.05) is 31.8 Å². The molecule has 1 aromatic rings. The van der Waals surface area contributed by atoms with Crippen LogP contribution in [0.15, 0.2) is 29.2 Å². The van der Waals surface area contributed by atoms with Gasteiger partial charge in [-0.15, -0.1) is 0 Å². The predicted molar refractivity (Wildman–Crippen MR) is 68.6 cm³/mol. The van der Waals surface area contributed by atoms with E-state index in [0.29, 0.717) is 5.69 Å². The molecule has 0 saturated carbocycles. The highest BCUT2D eigenvalue weighted by molar-refractivity contribution is 8.00. The average molecular weight is 311 g/mol. The lowest BCUT2D eigenvalue weighted by Gasteiger charge is -2.21. The normalized spacial score (nSPS) is 11.4. The van der Waals surface area contributed by atoms with E-state index in [1.54, 1.807) is 0 Å². The Hall–Kier alpha value is -1.28. The van der Waals surface area contributed by atoms with Gasteiger partial charge in [0.1, 0.15) is 0 Å². The molecule has 0 saturated heterocycles. The maximum Gasteiger partial charge on any atom is 0.446 e. The van der Waals surface area contributed by atoms with Crippen molar-refractivity contribution < 1.29 is 27.1 Å². The Balaban J connectivity index is 2.84. The van der Waals surface area contributed by atoms with Crippen LogP contribution in [0.1, 0.15) is 0 Å². The van der Waals surface area contributed by atoms with E-state index in [-0.39, 0.29) is 29.8 Å². The zero-order valence-electron chi connectivity index (χ0n) is 10.6. The van der Waals surface area contributed by atoms with Crippen molar-refractivity contribution in [1.29, 1.82) is 0 Å². The van der Waals surface area contributed by atoms with Gasteiger partial charge in [0, 0.05) is 24.2 Å². The number of alkyl halides is 4. The van der Waals surface area contributed by atoms with Gasteiger partial charge in [0.15, 0.2) is 6.67 Å². The third kappa shape index (κ3) is 5.38. The number of benzene rings is 1. The molecule has 8 heteroatoms. The van der Waals surface area contributed by atoms with Crippen molar-refractivity contribution in [2.24, 2.45) is 0 Å². The summed E-state index contributed by atoms with van der Waals surface area (Å²) in [5.74, 6) is -0.765. The molecular formula is C12H13F4NO2S. The standard InChI is InChI=1S/C12H13F4NO2S/c1-19-7-6-17(11(18)8-13)9-2-4-10(5-3-9)20-12(14,15)16/h2-5H,6-8H2,1H3. The minimum Gasteiger partial charge on any atom is -0.383 e. The summed E-state index contributed by atoms with van der Waals surface area (Å²) in [6.07, 6.45) is 0. The summed E-state index contributed by atoms with van der Waals surface area (Å²) in [6, 6.07) is 5.16. The van der Waals surface area contributed by atoms with Gasteiger partial charge in [-0.3, -0.25) is 4.79 Å². The Kier molecular flexibility index (Phi) is 6.28. The summed E-state index contributed by atoms with van der Waals surface area (Å²) < 4.78 is 53.8. The van der Waals surface area contributed by atoms with E-state index in [2.05, 4.69) is 0 Å². The molecule has 0 radical (unpaired) electrons. The summed E-state index contributed by atoms with van der Waals surface area (Å²) >= 11 is -0.249. The highest BCUT2D eigenvalue weighted by atomic mass is 32.2. The number of nitrogens with zero attached hydrogens (tertiary/aromatic N) is 1. The number of methoxy groups -OCH3 is 1. The average Bonchev–Trinajstić information content (AvgIpc) is 2.38. The molecule has 20 heavy (non-hydrogen) atoms. The van der Waals surface area contributed by atoms with Gasteiger partial charge >= 0.3 is 5.51 Å². The first-order chi connectivity index (χ1) is 9.37. The van der Waals surface area contributed by atoms with Crippen molar-refractivity contribution in [3.8, 4) is 0 Å². The number of amides is 1. The fraction of sp³-hybridized carbons (Fsp3) is 0.417. The van der Waals surface area contributed by atoms with Gasteiger partial charge in [-0.1, -0.05) is 0 Å². The van der Waals surface area contributed by atoms with Crippen LogP contribution in [-0.2, 0) is 9.53 Å². The molecule has 1 rings (SSSR count). The van der Waals surface area contributed by atoms with Crippen LogP contribution in [0, 0.1) is 0 Å². The second kappa shape index (κ2) is 7.49. The third-order valence-electron chi connectivity index (χ3n) is 2.32. The predicted octanol–water partition coefficient (Wildman–Crippen LogP) is 3.25. The van der Waals surface area contributed by atoms with Crippen LogP contribution in [0.3, 0.4) is 0 Å². The Morgan fingerprint density at radius 3 is 2.35 bits per heavy atom. The fourth-order valence-corrected chi connectivity index (χ4v) is 2.02. The number of ether oxygens (including phenoxy) is 1. The Labute approximate surface area is 117 Å². The van der Waals surface area contributed by atoms with E-state index in [9.17, 15) is 22.4 Å². The second-order valence-electron chi connectivity index (χ2n) is 3.71. The number of hydrogen-bond acceptors (Lipinski definition) is 3. The molecule has 0 fully saturated rings. The first kappa shape index (κ1) is 16.8. The molecule has 112 valence electrons. The molecule has 0 unspecified atom stereocenters. The number of rotatable bonds is 6. The molecule has 3 nitrogen and oxygen atoms in total. The Bertz CT molecular complexity index is 436. The lowest BCUT2D eigenvalue weighted by Crippen LogP contribution is -2.34. The Morgan fingerprint density at radius 2 is 1.90 bits per heavy atom. The van der Waals surface area contributed by atoms with E-state index >= 15 is 0 Å². The molecule has 1 aromatic carbocycles. The molecule has 0 spiro atoms. The SMILES string of the molecule is COCCN(C(=O)CF)c1ccc(SC(F)(F)F)cc1. The second-order valence-corrected chi connectivity index (χ2v) is 4.85. The summed E-state index contributed by atoms with van der Waals surface area (Å²) in [7, 11) is 1.43. The smallest absolute Gasteiger partial charge is 0.383 e. The molecular weight excluding hydrogens is 298 g/mol. The van der Waals surface area contributed by atoms with E-state index in [1.807, 2.05) is 0 Å². The van der Waals surface area contributed by atoms with Gasteiger partial charge in [0.05, 0.1) is 6.61 Å². The topological polar surface area (TPSA) is 29.5 Å². The van der Waals surface area contributed by atoms with E-state index in [4.69, 9.17) is 4.74 Å². The number of thioether (sulfide) groups is 1. The van der Waals surface area contributed by atoms with Crippen LogP contribution >= 0.6 is 11.8 Å². The lowest BCUT2D eigenvalue weighted by atomic mass is 10.3. The van der Waals surface area contributed by atoms with Crippen molar-refractivity contribution >= 4 is 23.4 Å². The largest absolute Gasteiger partial charge is 0.446 e. The molecule has 0 aliphatic carbocycles. The fourth-order valence-electron chi connectivity index (χ4n) is 1.48. The van der Waals surface area contributed by atoms with Crippen molar-refractivity contribution in [3.63, 3.8) is 0 Å².